The number of rotatable bonds is 12. The lowest BCUT2D eigenvalue weighted by atomic mass is 10.1. The SMILES string of the molecule is CCOc1ccc(N(CC(=O)NCCCc2ccccc2Cl)S(=O)(=O)c2ccc(SC)cc2)cc1. The van der Waals surface area contributed by atoms with Gasteiger partial charge in [0.25, 0.3) is 10.0 Å². The number of ether oxygens (including phenoxy) is 1. The maximum Gasteiger partial charge on any atom is 0.264 e. The molecule has 186 valence electrons. The summed E-state index contributed by atoms with van der Waals surface area (Å²) in [5, 5.41) is 3.52. The maximum absolute atomic E-state index is 13.5. The number of thioether (sulfide) groups is 1. The van der Waals surface area contributed by atoms with Crippen LogP contribution in [-0.4, -0.2) is 40.3 Å². The van der Waals surface area contributed by atoms with Gasteiger partial charge in [0.05, 0.1) is 17.2 Å². The smallest absolute Gasteiger partial charge is 0.264 e. The number of sulfonamides is 1. The van der Waals surface area contributed by atoms with Crippen LogP contribution in [0.15, 0.2) is 82.6 Å². The minimum Gasteiger partial charge on any atom is -0.494 e. The zero-order valence-corrected chi connectivity index (χ0v) is 22.1. The van der Waals surface area contributed by atoms with Crippen molar-refractivity contribution in [2.45, 2.75) is 29.6 Å². The number of carbonyl (C=O) groups excluding carboxylic acids is 1. The van der Waals surface area contributed by atoms with Gasteiger partial charge in [-0.05, 0) is 86.2 Å². The molecule has 0 unspecified atom stereocenters. The number of benzene rings is 3. The summed E-state index contributed by atoms with van der Waals surface area (Å²) in [4.78, 5) is 13.9. The first-order valence-corrected chi connectivity index (χ1v) is 14.3. The Morgan fingerprint density at radius 2 is 1.71 bits per heavy atom. The van der Waals surface area contributed by atoms with Gasteiger partial charge in [-0.3, -0.25) is 9.10 Å². The Hall–Kier alpha value is -2.68. The third-order valence-corrected chi connectivity index (χ3v) is 8.17. The van der Waals surface area contributed by atoms with Crippen molar-refractivity contribution in [1.29, 1.82) is 0 Å². The first kappa shape index (κ1) is 26.9. The van der Waals surface area contributed by atoms with E-state index in [1.807, 2.05) is 37.4 Å². The molecule has 6 nitrogen and oxygen atoms in total. The van der Waals surface area contributed by atoms with Gasteiger partial charge in [-0.15, -0.1) is 11.8 Å². The van der Waals surface area contributed by atoms with E-state index in [9.17, 15) is 13.2 Å². The monoisotopic (exact) mass is 532 g/mol. The largest absolute Gasteiger partial charge is 0.494 e. The molecule has 9 heteroatoms. The predicted molar refractivity (Wildman–Crippen MR) is 143 cm³/mol. The molecule has 0 heterocycles. The predicted octanol–water partition coefficient (Wildman–Crippen LogP) is 5.40. The van der Waals surface area contributed by atoms with Crippen LogP contribution in [0.5, 0.6) is 5.75 Å². The Kier molecular flexibility index (Phi) is 9.89. The molecule has 3 rings (SSSR count). The second kappa shape index (κ2) is 12.9. The van der Waals surface area contributed by atoms with E-state index < -0.39 is 10.0 Å². The Morgan fingerprint density at radius 3 is 2.34 bits per heavy atom. The second-order valence-electron chi connectivity index (χ2n) is 7.66. The van der Waals surface area contributed by atoms with Crippen LogP contribution in [0.3, 0.4) is 0 Å². The van der Waals surface area contributed by atoms with Crippen molar-refractivity contribution in [3.8, 4) is 5.75 Å². The van der Waals surface area contributed by atoms with Crippen LogP contribution in [-0.2, 0) is 21.2 Å². The van der Waals surface area contributed by atoms with E-state index in [4.69, 9.17) is 16.3 Å². The fourth-order valence-corrected chi connectivity index (χ4v) is 5.52. The minimum absolute atomic E-state index is 0.121. The third kappa shape index (κ3) is 7.40. The molecule has 0 saturated heterocycles. The Balaban J connectivity index is 1.74. The molecule has 0 aliphatic heterocycles. The molecule has 0 aliphatic rings. The summed E-state index contributed by atoms with van der Waals surface area (Å²) in [5.74, 6) is 0.240. The molecular formula is C26H29ClN2O4S2. The van der Waals surface area contributed by atoms with Crippen molar-refractivity contribution < 1.29 is 17.9 Å². The lowest BCUT2D eigenvalue weighted by Crippen LogP contribution is -2.41. The maximum atomic E-state index is 13.5. The summed E-state index contributed by atoms with van der Waals surface area (Å²) >= 11 is 7.72. The summed E-state index contributed by atoms with van der Waals surface area (Å²) in [6, 6.07) is 20.9. The second-order valence-corrected chi connectivity index (χ2v) is 10.8. The Bertz CT molecular complexity index is 1220. The molecule has 0 fully saturated rings. The average Bonchev–Trinajstić information content (AvgIpc) is 2.87. The lowest BCUT2D eigenvalue weighted by Gasteiger charge is -2.24. The van der Waals surface area contributed by atoms with Crippen LogP contribution >= 0.6 is 23.4 Å². The van der Waals surface area contributed by atoms with Crippen molar-refractivity contribution >= 4 is 45.0 Å². The van der Waals surface area contributed by atoms with E-state index >= 15 is 0 Å². The van der Waals surface area contributed by atoms with Crippen LogP contribution in [0, 0.1) is 0 Å². The number of hydrogen-bond acceptors (Lipinski definition) is 5. The molecule has 0 bridgehead atoms. The standard InChI is InChI=1S/C26H29ClN2O4S2/c1-3-33-22-12-10-21(11-13-22)29(35(31,32)24-16-14-23(34-2)15-17-24)19-26(30)28-18-6-8-20-7-4-5-9-25(20)27/h4-5,7,9-17H,3,6,8,18-19H2,1-2H3,(H,28,30). The zero-order chi connectivity index (χ0) is 25.3. The zero-order valence-electron chi connectivity index (χ0n) is 19.7. The van der Waals surface area contributed by atoms with Crippen molar-refractivity contribution in [3.63, 3.8) is 0 Å². The molecule has 35 heavy (non-hydrogen) atoms. The van der Waals surface area contributed by atoms with Gasteiger partial charge in [-0.25, -0.2) is 8.42 Å². The number of nitrogens with one attached hydrogen (secondary N) is 1. The van der Waals surface area contributed by atoms with Gasteiger partial charge in [0.2, 0.25) is 5.91 Å². The molecular weight excluding hydrogens is 504 g/mol. The van der Waals surface area contributed by atoms with Crippen molar-refractivity contribution in [3.05, 3.63) is 83.4 Å². The minimum atomic E-state index is -3.97. The first-order valence-electron chi connectivity index (χ1n) is 11.2. The highest BCUT2D eigenvalue weighted by Crippen LogP contribution is 2.27. The topological polar surface area (TPSA) is 75.7 Å². The van der Waals surface area contributed by atoms with Gasteiger partial charge >= 0.3 is 0 Å². The molecule has 3 aromatic rings. The number of amides is 1. The number of nitrogens with zero attached hydrogens (tertiary/aromatic N) is 1. The summed E-state index contributed by atoms with van der Waals surface area (Å²) < 4.78 is 33.6. The molecule has 0 radical (unpaired) electrons. The quantitative estimate of drug-likeness (QED) is 0.249. The normalized spacial score (nSPS) is 11.2. The highest BCUT2D eigenvalue weighted by molar-refractivity contribution is 7.98. The summed E-state index contributed by atoms with van der Waals surface area (Å²) in [6.45, 7) is 2.44. The van der Waals surface area contributed by atoms with Crippen LogP contribution in [0.4, 0.5) is 5.69 Å². The molecule has 1 amide bonds. The van der Waals surface area contributed by atoms with E-state index in [-0.39, 0.29) is 17.3 Å². The van der Waals surface area contributed by atoms with E-state index in [1.54, 1.807) is 48.5 Å². The van der Waals surface area contributed by atoms with Crippen molar-refractivity contribution in [2.75, 3.05) is 30.3 Å². The van der Waals surface area contributed by atoms with Crippen molar-refractivity contribution in [2.24, 2.45) is 0 Å². The molecule has 0 saturated carbocycles. The van der Waals surface area contributed by atoms with Gasteiger partial charge in [-0.2, -0.15) is 0 Å². The molecule has 3 aromatic carbocycles. The number of hydrogen-bond donors (Lipinski definition) is 1. The van der Waals surface area contributed by atoms with E-state index in [0.29, 0.717) is 42.5 Å². The molecule has 1 N–H and O–H groups in total. The van der Waals surface area contributed by atoms with E-state index in [0.717, 1.165) is 14.8 Å². The number of anilines is 1. The van der Waals surface area contributed by atoms with Gasteiger partial charge < -0.3 is 10.1 Å². The van der Waals surface area contributed by atoms with Crippen LogP contribution in [0.25, 0.3) is 0 Å². The number of aryl methyl sites for hydroxylation is 1. The fraction of sp³-hybridized carbons (Fsp3) is 0.269. The molecule has 0 aromatic heterocycles. The Labute approximate surface area is 216 Å². The van der Waals surface area contributed by atoms with Crippen LogP contribution in [0.2, 0.25) is 5.02 Å². The summed E-state index contributed by atoms with van der Waals surface area (Å²) in [5.41, 5.74) is 1.39. The third-order valence-electron chi connectivity index (χ3n) is 5.27. The Morgan fingerprint density at radius 1 is 1.03 bits per heavy atom. The first-order chi connectivity index (χ1) is 16.8. The number of carbonyl (C=O) groups is 1. The van der Waals surface area contributed by atoms with Crippen LogP contribution < -0.4 is 14.4 Å². The molecule has 0 atom stereocenters. The number of halogens is 1. The van der Waals surface area contributed by atoms with Crippen LogP contribution in [0.1, 0.15) is 18.9 Å². The van der Waals surface area contributed by atoms with E-state index in [1.165, 1.54) is 11.8 Å². The van der Waals surface area contributed by atoms with Gasteiger partial charge in [0.1, 0.15) is 12.3 Å². The molecule has 0 spiro atoms. The molecule has 0 aliphatic carbocycles. The summed E-state index contributed by atoms with van der Waals surface area (Å²) in [6.07, 6.45) is 3.32. The van der Waals surface area contributed by atoms with Gasteiger partial charge in [-0.1, -0.05) is 29.8 Å². The van der Waals surface area contributed by atoms with Gasteiger partial charge in [0, 0.05) is 16.5 Å². The highest BCUT2D eigenvalue weighted by Gasteiger charge is 2.27. The average molecular weight is 533 g/mol. The summed E-state index contributed by atoms with van der Waals surface area (Å²) in [7, 11) is -3.97. The fourth-order valence-electron chi connectivity index (χ4n) is 3.46. The van der Waals surface area contributed by atoms with Gasteiger partial charge in [0.15, 0.2) is 0 Å². The van der Waals surface area contributed by atoms with E-state index in [2.05, 4.69) is 5.32 Å². The highest BCUT2D eigenvalue weighted by atomic mass is 35.5. The van der Waals surface area contributed by atoms with Crippen molar-refractivity contribution in [1.82, 2.24) is 5.32 Å². The lowest BCUT2D eigenvalue weighted by molar-refractivity contribution is -0.119.